The highest BCUT2D eigenvalue weighted by Gasteiger charge is 2.16. The Hall–Kier alpha value is -2.43. The van der Waals surface area contributed by atoms with Gasteiger partial charge in [-0.15, -0.1) is 0 Å². The number of nitrogens with zero attached hydrogens (tertiary/aromatic N) is 1. The summed E-state index contributed by atoms with van der Waals surface area (Å²) in [7, 11) is 0. The van der Waals surface area contributed by atoms with E-state index in [0.717, 1.165) is 17.5 Å². The van der Waals surface area contributed by atoms with Gasteiger partial charge in [0.25, 0.3) is 0 Å². The smallest absolute Gasteiger partial charge is 0.132 e. The molecular weight excluding hydrogens is 365 g/mol. The summed E-state index contributed by atoms with van der Waals surface area (Å²) in [6.45, 7) is 1.83. The number of aromatic nitrogens is 1. The lowest BCUT2D eigenvalue weighted by Crippen LogP contribution is -2.29. The van der Waals surface area contributed by atoms with Gasteiger partial charge >= 0.3 is 0 Å². The number of hydrogen-bond donors (Lipinski definition) is 1. The van der Waals surface area contributed by atoms with Crippen LogP contribution in [0.25, 0.3) is 11.1 Å². The number of ether oxygens (including phenoxy) is 1. The van der Waals surface area contributed by atoms with Crippen molar-refractivity contribution >= 4 is 11.6 Å². The number of halogens is 2. The van der Waals surface area contributed by atoms with E-state index in [4.69, 9.17) is 16.3 Å². The van der Waals surface area contributed by atoms with Crippen molar-refractivity contribution < 1.29 is 14.2 Å². The molecule has 0 unspecified atom stereocenters. The fraction of sp³-hybridized carbons (Fsp3) is 0.227. The molecule has 0 aliphatic rings. The van der Waals surface area contributed by atoms with Gasteiger partial charge in [-0.1, -0.05) is 29.8 Å². The molecule has 0 fully saturated rings. The van der Waals surface area contributed by atoms with Crippen LogP contribution in [0.3, 0.4) is 0 Å². The fourth-order valence-corrected chi connectivity index (χ4v) is 2.98. The van der Waals surface area contributed by atoms with Crippen LogP contribution < -0.4 is 4.74 Å². The number of aliphatic hydroxyl groups is 1. The highest BCUT2D eigenvalue weighted by atomic mass is 35.5. The Balaban J connectivity index is 1.58. The first-order valence-corrected chi connectivity index (χ1v) is 9.20. The zero-order chi connectivity index (χ0) is 19.2. The number of benzene rings is 2. The Morgan fingerprint density at radius 3 is 2.59 bits per heavy atom. The molecular formula is C22H21ClFNO2. The lowest BCUT2D eigenvalue weighted by Gasteiger charge is -2.20. The highest BCUT2D eigenvalue weighted by molar-refractivity contribution is 6.30. The zero-order valence-corrected chi connectivity index (χ0v) is 15.7. The van der Waals surface area contributed by atoms with Crippen LogP contribution in [0.1, 0.15) is 18.9 Å². The molecule has 2 aromatic carbocycles. The maximum Gasteiger partial charge on any atom is 0.132 e. The number of hydrogen-bond acceptors (Lipinski definition) is 3. The van der Waals surface area contributed by atoms with Gasteiger partial charge in [0.05, 0.1) is 6.10 Å². The lowest BCUT2D eigenvalue weighted by molar-refractivity contribution is 0.0420. The summed E-state index contributed by atoms with van der Waals surface area (Å²) in [6.07, 6.45) is 3.88. The standard InChI is InChI=1S/C22H21ClFNO2/c1-15(22(26)11-4-16-3-2-12-25-14-16)27-19-8-5-17(6-9-19)20-10-7-18(23)13-21(20)24/h2-3,5-10,12-15,22,26H,4,11H2,1H3/t15-,22+/m0/s1. The van der Waals surface area contributed by atoms with Gasteiger partial charge in [0.1, 0.15) is 17.7 Å². The summed E-state index contributed by atoms with van der Waals surface area (Å²) in [4.78, 5) is 4.07. The summed E-state index contributed by atoms with van der Waals surface area (Å²) >= 11 is 5.79. The Labute approximate surface area is 163 Å². The van der Waals surface area contributed by atoms with E-state index >= 15 is 0 Å². The Morgan fingerprint density at radius 2 is 1.93 bits per heavy atom. The van der Waals surface area contributed by atoms with Crippen LogP contribution in [0.15, 0.2) is 67.0 Å². The number of aryl methyl sites for hydroxylation is 1. The third-order valence-electron chi connectivity index (χ3n) is 4.41. The molecule has 0 aliphatic heterocycles. The van der Waals surface area contributed by atoms with Crippen molar-refractivity contribution in [3.8, 4) is 16.9 Å². The average molecular weight is 386 g/mol. The molecule has 3 nitrogen and oxygen atoms in total. The van der Waals surface area contributed by atoms with Gasteiger partial charge in [0, 0.05) is 23.0 Å². The van der Waals surface area contributed by atoms with Crippen molar-refractivity contribution in [3.63, 3.8) is 0 Å². The van der Waals surface area contributed by atoms with Crippen LogP contribution >= 0.6 is 11.6 Å². The van der Waals surface area contributed by atoms with Gasteiger partial charge in [0.2, 0.25) is 0 Å². The molecule has 0 saturated carbocycles. The van der Waals surface area contributed by atoms with Crippen molar-refractivity contribution in [3.05, 3.63) is 83.4 Å². The third-order valence-corrected chi connectivity index (χ3v) is 4.65. The van der Waals surface area contributed by atoms with Gasteiger partial charge in [0.15, 0.2) is 0 Å². The van der Waals surface area contributed by atoms with Crippen molar-refractivity contribution in [1.82, 2.24) is 4.98 Å². The van der Waals surface area contributed by atoms with Crippen LogP contribution in [-0.2, 0) is 6.42 Å². The van der Waals surface area contributed by atoms with E-state index in [2.05, 4.69) is 4.98 Å². The predicted octanol–water partition coefficient (Wildman–Crippen LogP) is 5.30. The molecule has 2 atom stereocenters. The molecule has 1 heterocycles. The van der Waals surface area contributed by atoms with Crippen molar-refractivity contribution in [1.29, 1.82) is 0 Å². The minimum Gasteiger partial charge on any atom is -0.488 e. The second kappa shape index (κ2) is 8.98. The minimum absolute atomic E-state index is 0.361. The van der Waals surface area contributed by atoms with Gasteiger partial charge in [-0.05, 0) is 67.3 Å². The van der Waals surface area contributed by atoms with Crippen LogP contribution in [-0.4, -0.2) is 22.3 Å². The van der Waals surface area contributed by atoms with Crippen LogP contribution in [0.4, 0.5) is 4.39 Å². The first-order chi connectivity index (χ1) is 13.0. The molecule has 5 heteroatoms. The molecule has 0 aliphatic carbocycles. The molecule has 0 amide bonds. The van der Waals surface area contributed by atoms with E-state index in [1.54, 1.807) is 48.8 Å². The first-order valence-electron chi connectivity index (χ1n) is 8.82. The summed E-state index contributed by atoms with van der Waals surface area (Å²) < 4.78 is 19.8. The van der Waals surface area contributed by atoms with E-state index in [1.165, 1.54) is 6.07 Å². The number of aliphatic hydroxyl groups excluding tert-OH is 1. The molecule has 1 N–H and O–H groups in total. The normalized spacial score (nSPS) is 13.2. The van der Waals surface area contributed by atoms with E-state index in [9.17, 15) is 9.50 Å². The molecule has 3 aromatic rings. The first kappa shape index (κ1) is 19.3. The second-order valence-electron chi connectivity index (χ2n) is 6.44. The zero-order valence-electron chi connectivity index (χ0n) is 15.0. The Bertz CT molecular complexity index is 871. The Kier molecular flexibility index (Phi) is 6.43. The quantitative estimate of drug-likeness (QED) is 0.600. The van der Waals surface area contributed by atoms with Crippen molar-refractivity contribution in [2.45, 2.75) is 32.0 Å². The highest BCUT2D eigenvalue weighted by Crippen LogP contribution is 2.27. The molecule has 0 spiro atoms. The maximum absolute atomic E-state index is 14.0. The topological polar surface area (TPSA) is 42.4 Å². The van der Waals surface area contributed by atoms with Crippen LogP contribution in [0, 0.1) is 5.82 Å². The fourth-order valence-electron chi connectivity index (χ4n) is 2.83. The van der Waals surface area contributed by atoms with E-state index in [-0.39, 0.29) is 11.9 Å². The SMILES string of the molecule is C[C@H](Oc1ccc(-c2ccc(Cl)cc2F)cc1)[C@H](O)CCc1cccnc1. The number of rotatable bonds is 7. The van der Waals surface area contributed by atoms with Gasteiger partial charge < -0.3 is 9.84 Å². The van der Waals surface area contributed by atoms with E-state index < -0.39 is 6.10 Å². The molecule has 0 saturated heterocycles. The molecule has 3 rings (SSSR count). The van der Waals surface area contributed by atoms with Crippen LogP contribution in [0.5, 0.6) is 5.75 Å². The molecule has 0 radical (unpaired) electrons. The van der Waals surface area contributed by atoms with Crippen molar-refractivity contribution in [2.24, 2.45) is 0 Å². The van der Waals surface area contributed by atoms with Gasteiger partial charge in [-0.2, -0.15) is 0 Å². The van der Waals surface area contributed by atoms with Gasteiger partial charge in [-0.25, -0.2) is 4.39 Å². The number of pyridine rings is 1. The Morgan fingerprint density at radius 1 is 1.15 bits per heavy atom. The summed E-state index contributed by atoms with van der Waals surface area (Å²) in [5.74, 6) is 0.261. The largest absolute Gasteiger partial charge is 0.488 e. The predicted molar refractivity (Wildman–Crippen MR) is 106 cm³/mol. The average Bonchev–Trinajstić information content (AvgIpc) is 2.68. The van der Waals surface area contributed by atoms with Crippen molar-refractivity contribution in [2.75, 3.05) is 0 Å². The van der Waals surface area contributed by atoms with E-state index in [0.29, 0.717) is 22.8 Å². The van der Waals surface area contributed by atoms with Crippen LogP contribution in [0.2, 0.25) is 5.02 Å². The molecule has 1 aromatic heterocycles. The third kappa shape index (κ3) is 5.28. The summed E-state index contributed by atoms with van der Waals surface area (Å²) in [6, 6.07) is 15.6. The summed E-state index contributed by atoms with van der Waals surface area (Å²) in [5, 5.41) is 10.7. The molecule has 0 bridgehead atoms. The lowest BCUT2D eigenvalue weighted by atomic mass is 10.0. The molecule has 140 valence electrons. The monoisotopic (exact) mass is 385 g/mol. The van der Waals surface area contributed by atoms with Gasteiger partial charge in [-0.3, -0.25) is 4.98 Å². The van der Waals surface area contributed by atoms with E-state index in [1.807, 2.05) is 19.1 Å². The summed E-state index contributed by atoms with van der Waals surface area (Å²) in [5.41, 5.74) is 2.30. The maximum atomic E-state index is 14.0. The minimum atomic E-state index is -0.599. The molecule has 27 heavy (non-hydrogen) atoms. The second-order valence-corrected chi connectivity index (χ2v) is 6.88.